The highest BCUT2D eigenvalue weighted by Gasteiger charge is 2.13. The summed E-state index contributed by atoms with van der Waals surface area (Å²) in [6, 6.07) is 11.2. The first-order chi connectivity index (χ1) is 8.70. The minimum Gasteiger partial charge on any atom is -0.466 e. The van der Waals surface area contributed by atoms with E-state index in [1.807, 2.05) is 36.4 Å². The number of benzene rings is 1. The molecule has 94 valence electrons. The number of nitrogens with zero attached hydrogens (tertiary/aromatic N) is 1. The fraction of sp³-hybridized carbons (Fsp3) is 0.286. The summed E-state index contributed by atoms with van der Waals surface area (Å²) in [7, 11) is 0. The van der Waals surface area contributed by atoms with Crippen molar-refractivity contribution in [3.63, 3.8) is 0 Å². The third-order valence-electron chi connectivity index (χ3n) is 2.69. The normalized spacial score (nSPS) is 12.3. The van der Waals surface area contributed by atoms with Gasteiger partial charge in [-0.1, -0.05) is 24.3 Å². The quantitative estimate of drug-likeness (QED) is 0.837. The number of carbonyl (C=O) groups excluding carboxylic acids is 1. The number of esters is 1. The van der Waals surface area contributed by atoms with Crippen molar-refractivity contribution in [1.29, 1.82) is 0 Å². The summed E-state index contributed by atoms with van der Waals surface area (Å²) in [6.45, 7) is 2.15. The maximum absolute atomic E-state index is 11.4. The van der Waals surface area contributed by atoms with Crippen molar-refractivity contribution in [2.24, 2.45) is 5.73 Å². The van der Waals surface area contributed by atoms with Crippen LogP contribution in [0.25, 0.3) is 10.9 Å². The zero-order valence-electron chi connectivity index (χ0n) is 10.3. The summed E-state index contributed by atoms with van der Waals surface area (Å²) in [5.74, 6) is -0.292. The predicted molar refractivity (Wildman–Crippen MR) is 69.9 cm³/mol. The fourth-order valence-electron chi connectivity index (χ4n) is 1.79. The van der Waals surface area contributed by atoms with Crippen molar-refractivity contribution >= 4 is 16.9 Å². The molecule has 4 heteroatoms. The molecule has 1 atom stereocenters. The molecule has 0 aliphatic rings. The lowest BCUT2D eigenvalue weighted by molar-refractivity contribution is -0.143. The van der Waals surface area contributed by atoms with Crippen molar-refractivity contribution in [2.75, 3.05) is 6.61 Å². The van der Waals surface area contributed by atoms with E-state index in [2.05, 4.69) is 4.98 Å². The lowest BCUT2D eigenvalue weighted by Crippen LogP contribution is -2.18. The van der Waals surface area contributed by atoms with Crippen LogP contribution in [-0.4, -0.2) is 17.6 Å². The molecule has 0 radical (unpaired) electrons. The van der Waals surface area contributed by atoms with Crippen LogP contribution >= 0.6 is 0 Å². The van der Waals surface area contributed by atoms with Crippen LogP contribution in [0.3, 0.4) is 0 Å². The lowest BCUT2D eigenvalue weighted by Gasteiger charge is -2.11. The van der Waals surface area contributed by atoms with Crippen molar-refractivity contribution in [3.05, 3.63) is 42.1 Å². The molecule has 1 heterocycles. The average Bonchev–Trinajstić information content (AvgIpc) is 2.38. The smallest absolute Gasteiger partial charge is 0.307 e. The SMILES string of the molecule is CCOC(=O)C[C@@H](N)c1ccc2ccccc2n1. The van der Waals surface area contributed by atoms with Gasteiger partial charge >= 0.3 is 5.97 Å². The summed E-state index contributed by atoms with van der Waals surface area (Å²) >= 11 is 0. The lowest BCUT2D eigenvalue weighted by atomic mass is 10.1. The Hall–Kier alpha value is -1.94. The third-order valence-corrected chi connectivity index (χ3v) is 2.69. The Balaban J connectivity index is 2.17. The molecule has 1 aromatic carbocycles. The van der Waals surface area contributed by atoms with E-state index >= 15 is 0 Å². The number of aromatic nitrogens is 1. The number of fused-ring (bicyclic) bond motifs is 1. The molecule has 0 aliphatic heterocycles. The van der Waals surface area contributed by atoms with Gasteiger partial charge in [-0.2, -0.15) is 0 Å². The summed E-state index contributed by atoms with van der Waals surface area (Å²) in [6.07, 6.45) is 0.152. The van der Waals surface area contributed by atoms with Gasteiger partial charge in [0.15, 0.2) is 0 Å². The van der Waals surface area contributed by atoms with Crippen LogP contribution in [0.5, 0.6) is 0 Å². The monoisotopic (exact) mass is 244 g/mol. The molecule has 2 rings (SSSR count). The van der Waals surface area contributed by atoms with Gasteiger partial charge in [0.2, 0.25) is 0 Å². The van der Waals surface area contributed by atoms with Crippen LogP contribution in [0.1, 0.15) is 25.1 Å². The van der Waals surface area contributed by atoms with E-state index in [1.165, 1.54) is 0 Å². The minimum absolute atomic E-state index is 0.152. The number of pyridine rings is 1. The molecule has 2 N–H and O–H groups in total. The molecule has 18 heavy (non-hydrogen) atoms. The van der Waals surface area contributed by atoms with E-state index in [0.29, 0.717) is 12.3 Å². The van der Waals surface area contributed by atoms with Gasteiger partial charge in [-0.3, -0.25) is 9.78 Å². The predicted octanol–water partition coefficient (Wildman–Crippen LogP) is 2.19. The number of ether oxygens (including phenoxy) is 1. The van der Waals surface area contributed by atoms with E-state index in [-0.39, 0.29) is 12.4 Å². The molecule has 4 nitrogen and oxygen atoms in total. The van der Waals surface area contributed by atoms with Crippen LogP contribution < -0.4 is 5.73 Å². The minimum atomic E-state index is -0.423. The van der Waals surface area contributed by atoms with Crippen LogP contribution in [0.4, 0.5) is 0 Å². The number of hydrogen-bond acceptors (Lipinski definition) is 4. The van der Waals surface area contributed by atoms with E-state index in [1.54, 1.807) is 6.92 Å². The van der Waals surface area contributed by atoms with Gasteiger partial charge in [0.1, 0.15) is 0 Å². The van der Waals surface area contributed by atoms with E-state index in [0.717, 1.165) is 10.9 Å². The second-order valence-corrected chi connectivity index (χ2v) is 4.04. The molecule has 0 aliphatic carbocycles. The first-order valence-corrected chi connectivity index (χ1v) is 5.97. The standard InChI is InChI=1S/C14H16N2O2/c1-2-18-14(17)9-11(15)13-8-7-10-5-3-4-6-12(10)16-13/h3-8,11H,2,9,15H2,1H3/t11-/m1/s1. The van der Waals surface area contributed by atoms with Crippen molar-refractivity contribution in [2.45, 2.75) is 19.4 Å². The highest BCUT2D eigenvalue weighted by atomic mass is 16.5. The second-order valence-electron chi connectivity index (χ2n) is 4.04. The number of rotatable bonds is 4. The molecule has 0 fully saturated rings. The van der Waals surface area contributed by atoms with Crippen LogP contribution in [0.2, 0.25) is 0 Å². The first kappa shape index (κ1) is 12.5. The molecule has 2 aromatic rings. The average molecular weight is 244 g/mol. The van der Waals surface area contributed by atoms with Crippen molar-refractivity contribution < 1.29 is 9.53 Å². The zero-order chi connectivity index (χ0) is 13.0. The van der Waals surface area contributed by atoms with E-state index in [9.17, 15) is 4.79 Å². The molecule has 0 bridgehead atoms. The summed E-state index contributed by atoms with van der Waals surface area (Å²) in [4.78, 5) is 15.8. The Morgan fingerprint density at radius 1 is 1.33 bits per heavy atom. The Kier molecular flexibility index (Phi) is 3.89. The number of carbonyl (C=O) groups is 1. The maximum atomic E-state index is 11.4. The molecule has 0 unspecified atom stereocenters. The first-order valence-electron chi connectivity index (χ1n) is 5.97. The molecule has 0 spiro atoms. The Labute approximate surface area is 106 Å². The number of nitrogens with two attached hydrogens (primary N) is 1. The number of para-hydroxylation sites is 1. The van der Waals surface area contributed by atoms with Crippen LogP contribution in [0, 0.1) is 0 Å². The van der Waals surface area contributed by atoms with Crippen molar-refractivity contribution in [3.8, 4) is 0 Å². The van der Waals surface area contributed by atoms with Crippen LogP contribution in [0.15, 0.2) is 36.4 Å². The Morgan fingerprint density at radius 2 is 2.11 bits per heavy atom. The Morgan fingerprint density at radius 3 is 2.89 bits per heavy atom. The maximum Gasteiger partial charge on any atom is 0.307 e. The summed E-state index contributed by atoms with van der Waals surface area (Å²) in [5, 5.41) is 1.06. The highest BCUT2D eigenvalue weighted by molar-refractivity contribution is 5.78. The van der Waals surface area contributed by atoms with Crippen LogP contribution in [-0.2, 0) is 9.53 Å². The number of hydrogen-bond donors (Lipinski definition) is 1. The molecule has 0 saturated heterocycles. The summed E-state index contributed by atoms with van der Waals surface area (Å²) in [5.41, 5.74) is 7.55. The highest BCUT2D eigenvalue weighted by Crippen LogP contribution is 2.17. The van der Waals surface area contributed by atoms with Gasteiger partial charge in [-0.15, -0.1) is 0 Å². The largest absolute Gasteiger partial charge is 0.466 e. The topological polar surface area (TPSA) is 65.2 Å². The second kappa shape index (κ2) is 5.60. The molecule has 0 saturated carbocycles. The van der Waals surface area contributed by atoms with Gasteiger partial charge in [0, 0.05) is 5.39 Å². The van der Waals surface area contributed by atoms with Gasteiger partial charge < -0.3 is 10.5 Å². The van der Waals surface area contributed by atoms with Crippen molar-refractivity contribution in [1.82, 2.24) is 4.98 Å². The molecule has 0 amide bonds. The van der Waals surface area contributed by atoms with E-state index < -0.39 is 6.04 Å². The molecular weight excluding hydrogens is 228 g/mol. The summed E-state index contributed by atoms with van der Waals surface area (Å²) < 4.78 is 4.87. The zero-order valence-corrected chi connectivity index (χ0v) is 10.3. The third kappa shape index (κ3) is 2.84. The fourth-order valence-corrected chi connectivity index (χ4v) is 1.79. The van der Waals surface area contributed by atoms with Gasteiger partial charge in [0.25, 0.3) is 0 Å². The van der Waals surface area contributed by atoms with Gasteiger partial charge in [0.05, 0.1) is 30.3 Å². The van der Waals surface area contributed by atoms with Gasteiger partial charge in [-0.05, 0) is 19.1 Å². The van der Waals surface area contributed by atoms with E-state index in [4.69, 9.17) is 10.5 Å². The Bertz CT molecular complexity index is 554. The molecule has 1 aromatic heterocycles. The van der Waals surface area contributed by atoms with Gasteiger partial charge in [-0.25, -0.2) is 0 Å². The molecular formula is C14H16N2O2.